The Labute approximate surface area is 153 Å². The molecule has 1 heterocycles. The predicted molar refractivity (Wildman–Crippen MR) is 102 cm³/mol. The molecule has 0 aliphatic carbocycles. The van der Waals surface area contributed by atoms with Gasteiger partial charge in [0.1, 0.15) is 12.4 Å². The molecule has 0 saturated carbocycles. The highest BCUT2D eigenvalue weighted by atomic mass is 16.5. The Kier molecular flexibility index (Phi) is 5.84. The number of para-hydroxylation sites is 1. The average molecular weight is 351 g/mol. The van der Waals surface area contributed by atoms with Crippen LogP contribution in [0.3, 0.4) is 0 Å². The van der Waals surface area contributed by atoms with Crippen LogP contribution in [-0.2, 0) is 6.54 Å². The molecular weight excluding hydrogens is 330 g/mol. The summed E-state index contributed by atoms with van der Waals surface area (Å²) in [5.41, 5.74) is 7.70. The number of rotatable bonds is 5. The molecule has 3 N–H and O–H groups in total. The topological polar surface area (TPSA) is 78.1 Å². The van der Waals surface area contributed by atoms with Crippen LogP contribution in [0.5, 0.6) is 17.2 Å². The molecule has 0 aromatic heterocycles. The maximum absolute atomic E-state index is 6.00. The van der Waals surface area contributed by atoms with Crippen molar-refractivity contribution >= 4 is 11.6 Å². The summed E-state index contributed by atoms with van der Waals surface area (Å²) in [6.07, 6.45) is 6.10. The minimum Gasteiger partial charge on any atom is -0.490 e. The van der Waals surface area contributed by atoms with Gasteiger partial charge in [-0.3, -0.25) is 0 Å². The van der Waals surface area contributed by atoms with Crippen molar-refractivity contribution in [2.45, 2.75) is 13.0 Å². The molecule has 1 aliphatic rings. The van der Waals surface area contributed by atoms with E-state index >= 15 is 0 Å². The Balaban J connectivity index is 1.66. The van der Waals surface area contributed by atoms with Crippen molar-refractivity contribution in [1.29, 1.82) is 0 Å². The van der Waals surface area contributed by atoms with Crippen molar-refractivity contribution in [3.63, 3.8) is 0 Å². The van der Waals surface area contributed by atoms with E-state index in [1.165, 1.54) is 0 Å². The SMILES string of the molecule is C#CCOc1ccccc1CN=C(N)Nc1ccc2c(c1)OCCCO2. The first-order chi connectivity index (χ1) is 12.8. The van der Waals surface area contributed by atoms with Crippen molar-refractivity contribution in [1.82, 2.24) is 0 Å². The van der Waals surface area contributed by atoms with Gasteiger partial charge in [0.15, 0.2) is 17.5 Å². The van der Waals surface area contributed by atoms with E-state index in [2.05, 4.69) is 16.2 Å². The summed E-state index contributed by atoms with van der Waals surface area (Å²) in [6.45, 7) is 1.88. The number of aliphatic imine (C=N–C) groups is 1. The summed E-state index contributed by atoms with van der Waals surface area (Å²) in [5.74, 6) is 4.90. The van der Waals surface area contributed by atoms with E-state index in [-0.39, 0.29) is 6.61 Å². The van der Waals surface area contributed by atoms with Crippen LogP contribution in [0.2, 0.25) is 0 Å². The van der Waals surface area contributed by atoms with Crippen molar-refractivity contribution < 1.29 is 14.2 Å². The Morgan fingerprint density at radius 3 is 2.85 bits per heavy atom. The molecule has 0 fully saturated rings. The molecule has 0 radical (unpaired) electrons. The third kappa shape index (κ3) is 4.61. The number of nitrogens with two attached hydrogens (primary N) is 1. The molecule has 26 heavy (non-hydrogen) atoms. The van der Waals surface area contributed by atoms with E-state index in [0.717, 1.165) is 23.4 Å². The normalized spacial score (nSPS) is 13.4. The van der Waals surface area contributed by atoms with Crippen LogP contribution in [0.1, 0.15) is 12.0 Å². The summed E-state index contributed by atoms with van der Waals surface area (Å²) in [7, 11) is 0. The monoisotopic (exact) mass is 351 g/mol. The fourth-order valence-electron chi connectivity index (χ4n) is 2.49. The molecule has 0 saturated heterocycles. The number of hydrogen-bond acceptors (Lipinski definition) is 4. The highest BCUT2D eigenvalue weighted by Crippen LogP contribution is 2.32. The molecular formula is C20H21N3O3. The van der Waals surface area contributed by atoms with Crippen LogP contribution in [-0.4, -0.2) is 25.8 Å². The molecule has 134 valence electrons. The number of nitrogens with zero attached hydrogens (tertiary/aromatic N) is 1. The molecule has 6 heteroatoms. The summed E-state index contributed by atoms with van der Waals surface area (Å²) < 4.78 is 16.8. The third-order valence-corrected chi connectivity index (χ3v) is 3.72. The van der Waals surface area contributed by atoms with Crippen LogP contribution in [0, 0.1) is 12.3 Å². The van der Waals surface area contributed by atoms with E-state index in [1.807, 2.05) is 42.5 Å². The van der Waals surface area contributed by atoms with Gasteiger partial charge in [0.2, 0.25) is 0 Å². The van der Waals surface area contributed by atoms with Gasteiger partial charge in [-0.25, -0.2) is 4.99 Å². The van der Waals surface area contributed by atoms with Gasteiger partial charge in [0, 0.05) is 23.7 Å². The Morgan fingerprint density at radius 1 is 1.19 bits per heavy atom. The zero-order valence-corrected chi connectivity index (χ0v) is 14.4. The predicted octanol–water partition coefficient (Wildman–Crippen LogP) is 2.79. The van der Waals surface area contributed by atoms with Gasteiger partial charge in [0.25, 0.3) is 0 Å². The van der Waals surface area contributed by atoms with Crippen molar-refractivity contribution in [2.24, 2.45) is 10.7 Å². The lowest BCUT2D eigenvalue weighted by molar-refractivity contribution is 0.297. The second-order valence-corrected chi connectivity index (χ2v) is 5.64. The largest absolute Gasteiger partial charge is 0.490 e. The quantitative estimate of drug-likeness (QED) is 0.492. The molecule has 0 bridgehead atoms. The summed E-state index contributed by atoms with van der Waals surface area (Å²) >= 11 is 0. The Morgan fingerprint density at radius 2 is 2.00 bits per heavy atom. The highest BCUT2D eigenvalue weighted by Gasteiger charge is 2.11. The van der Waals surface area contributed by atoms with Crippen LogP contribution in [0.4, 0.5) is 5.69 Å². The van der Waals surface area contributed by atoms with Gasteiger partial charge in [-0.2, -0.15) is 0 Å². The molecule has 0 atom stereocenters. The average Bonchev–Trinajstić information content (AvgIpc) is 2.90. The zero-order chi connectivity index (χ0) is 18.2. The standard InChI is InChI=1S/C20H21N3O3/c1-2-10-24-17-7-4-3-6-15(17)14-22-20(21)23-16-8-9-18-19(13-16)26-12-5-11-25-18/h1,3-4,6-9,13H,5,10-12,14H2,(H3,21,22,23). The number of nitrogens with one attached hydrogen (secondary N) is 1. The number of ether oxygens (including phenoxy) is 3. The van der Waals surface area contributed by atoms with Gasteiger partial charge < -0.3 is 25.3 Å². The lowest BCUT2D eigenvalue weighted by Gasteiger charge is -2.11. The van der Waals surface area contributed by atoms with E-state index < -0.39 is 0 Å². The minimum atomic E-state index is 0.214. The van der Waals surface area contributed by atoms with Gasteiger partial charge in [-0.05, 0) is 18.2 Å². The molecule has 0 unspecified atom stereocenters. The number of terminal acetylenes is 1. The second-order valence-electron chi connectivity index (χ2n) is 5.64. The van der Waals surface area contributed by atoms with E-state index in [0.29, 0.717) is 37.2 Å². The maximum Gasteiger partial charge on any atom is 0.193 e. The minimum absolute atomic E-state index is 0.214. The number of guanidine groups is 1. The molecule has 6 nitrogen and oxygen atoms in total. The van der Waals surface area contributed by atoms with Gasteiger partial charge in [-0.1, -0.05) is 24.1 Å². The van der Waals surface area contributed by atoms with Crippen LogP contribution >= 0.6 is 0 Å². The molecule has 1 aliphatic heterocycles. The van der Waals surface area contributed by atoms with Gasteiger partial charge in [0.05, 0.1) is 19.8 Å². The molecule has 0 spiro atoms. The summed E-state index contributed by atoms with van der Waals surface area (Å²) in [5, 5.41) is 3.06. The highest BCUT2D eigenvalue weighted by molar-refractivity contribution is 5.92. The van der Waals surface area contributed by atoms with E-state index in [9.17, 15) is 0 Å². The van der Waals surface area contributed by atoms with E-state index in [1.54, 1.807) is 0 Å². The maximum atomic E-state index is 6.00. The lowest BCUT2D eigenvalue weighted by Crippen LogP contribution is -2.22. The van der Waals surface area contributed by atoms with Crippen LogP contribution in [0.15, 0.2) is 47.5 Å². The van der Waals surface area contributed by atoms with Crippen LogP contribution in [0.25, 0.3) is 0 Å². The molecule has 0 amide bonds. The van der Waals surface area contributed by atoms with Gasteiger partial charge in [-0.15, -0.1) is 6.42 Å². The van der Waals surface area contributed by atoms with Crippen molar-refractivity contribution in [3.8, 4) is 29.6 Å². The zero-order valence-electron chi connectivity index (χ0n) is 14.4. The smallest absolute Gasteiger partial charge is 0.193 e. The fourth-order valence-corrected chi connectivity index (χ4v) is 2.49. The first-order valence-electron chi connectivity index (χ1n) is 8.37. The van der Waals surface area contributed by atoms with Gasteiger partial charge >= 0.3 is 0 Å². The number of fused-ring (bicyclic) bond motifs is 1. The summed E-state index contributed by atoms with van der Waals surface area (Å²) in [6, 6.07) is 13.2. The Hall–Kier alpha value is -3.33. The van der Waals surface area contributed by atoms with Crippen LogP contribution < -0.4 is 25.3 Å². The summed E-state index contributed by atoms with van der Waals surface area (Å²) in [4.78, 5) is 4.37. The first kappa shape index (κ1) is 17.5. The fraction of sp³-hybridized carbons (Fsp3) is 0.250. The molecule has 2 aromatic rings. The number of benzene rings is 2. The first-order valence-corrected chi connectivity index (χ1v) is 8.37. The number of anilines is 1. The second kappa shape index (κ2) is 8.67. The third-order valence-electron chi connectivity index (χ3n) is 3.72. The molecule has 2 aromatic carbocycles. The Bertz CT molecular complexity index is 827. The van der Waals surface area contributed by atoms with Crippen molar-refractivity contribution in [3.05, 3.63) is 48.0 Å². The molecule has 3 rings (SSSR count). The number of hydrogen-bond donors (Lipinski definition) is 2. The lowest BCUT2D eigenvalue weighted by atomic mass is 10.2. The van der Waals surface area contributed by atoms with Crippen molar-refractivity contribution in [2.75, 3.05) is 25.1 Å². The van der Waals surface area contributed by atoms with E-state index in [4.69, 9.17) is 26.4 Å².